The second-order valence-electron chi connectivity index (χ2n) is 25.1. The van der Waals surface area contributed by atoms with Gasteiger partial charge < -0.3 is 9.38 Å². The summed E-state index contributed by atoms with van der Waals surface area (Å²) in [7, 11) is 0. The molecule has 8 aromatic carbocycles. The monoisotopic (exact) mass is 922 g/mol. The van der Waals surface area contributed by atoms with Gasteiger partial charge in [-0.3, -0.25) is 0 Å². The molecule has 2 aromatic heterocycles. The number of thiophene rings is 1. The Morgan fingerprint density at radius 1 is 0.514 bits per heavy atom. The molecule has 0 amide bonds. The van der Waals surface area contributed by atoms with E-state index in [1.165, 1.54) is 155 Å². The van der Waals surface area contributed by atoms with Gasteiger partial charge in [-0.2, -0.15) is 0 Å². The Hall–Kier alpha value is -6.36. The predicted octanol–water partition coefficient (Wildman–Crippen LogP) is 16.6. The molecule has 3 aliphatic carbocycles. The molecule has 4 heterocycles. The van der Waals surface area contributed by atoms with Crippen molar-refractivity contribution < 1.29 is 0 Å². The molecule has 342 valence electrons. The lowest BCUT2D eigenvalue weighted by Crippen LogP contribution is -2.60. The van der Waals surface area contributed by atoms with Crippen molar-refractivity contribution >= 4 is 82.5 Å². The van der Waals surface area contributed by atoms with E-state index in [-0.39, 0.29) is 33.9 Å². The van der Waals surface area contributed by atoms with Crippen LogP contribution in [0.2, 0.25) is 0 Å². The Labute approximate surface area is 417 Å². The average Bonchev–Trinajstić information content (AvgIpc) is 4.02. The Bertz CT molecular complexity index is 4050. The van der Waals surface area contributed by atoms with Crippen LogP contribution in [-0.2, 0) is 27.1 Å². The summed E-state index contributed by atoms with van der Waals surface area (Å²) in [6, 6.07) is 53.3. The fraction of sp³-hybridized carbons (Fsp3) is 0.273. The van der Waals surface area contributed by atoms with Gasteiger partial charge in [0.2, 0.25) is 0 Å². The van der Waals surface area contributed by atoms with Crippen molar-refractivity contribution in [2.24, 2.45) is 0 Å². The molecule has 2 nitrogen and oxygen atoms in total. The molecule has 0 radical (unpaired) electrons. The maximum Gasteiger partial charge on any atom is 0.333 e. The maximum absolute atomic E-state index is 2.79. The summed E-state index contributed by atoms with van der Waals surface area (Å²) in [5.74, 6) is 0. The number of benzene rings is 8. The fourth-order valence-corrected chi connectivity index (χ4v) is 15.9. The van der Waals surface area contributed by atoms with Gasteiger partial charge in [0.25, 0.3) is 0 Å². The topological polar surface area (TPSA) is 8.17 Å². The molecule has 10 aromatic rings. The summed E-state index contributed by atoms with van der Waals surface area (Å²) < 4.78 is 5.55. The first kappa shape index (κ1) is 41.4. The lowest BCUT2D eigenvalue weighted by molar-refractivity contribution is 0.332. The molecular weight excluding hydrogens is 864 g/mol. The molecular formula is C66H59BN2S. The van der Waals surface area contributed by atoms with E-state index < -0.39 is 0 Å². The number of nitrogens with zero attached hydrogens (tertiary/aromatic N) is 2. The minimum Gasteiger partial charge on any atom is -0.376 e. The lowest BCUT2D eigenvalue weighted by atomic mass is 9.43. The largest absolute Gasteiger partial charge is 0.376 e. The number of fused-ring (bicyclic) bond motifs is 20. The van der Waals surface area contributed by atoms with Gasteiger partial charge >= 0.3 is 6.85 Å². The van der Waals surface area contributed by atoms with Crippen LogP contribution in [-0.4, -0.2) is 11.4 Å². The van der Waals surface area contributed by atoms with Crippen molar-refractivity contribution in [2.75, 3.05) is 4.81 Å². The molecule has 0 atom stereocenters. The van der Waals surface area contributed by atoms with Crippen LogP contribution in [0, 0.1) is 0 Å². The molecule has 0 fully saturated rings. The van der Waals surface area contributed by atoms with E-state index in [4.69, 9.17) is 0 Å². The Kier molecular flexibility index (Phi) is 7.66. The van der Waals surface area contributed by atoms with Gasteiger partial charge in [-0.25, -0.2) is 0 Å². The highest BCUT2D eigenvalue weighted by molar-refractivity contribution is 7.27. The molecule has 2 aliphatic heterocycles. The van der Waals surface area contributed by atoms with Crippen LogP contribution in [0.4, 0.5) is 11.4 Å². The van der Waals surface area contributed by atoms with Gasteiger partial charge in [-0.15, -0.1) is 11.3 Å². The van der Waals surface area contributed by atoms with Gasteiger partial charge in [0.05, 0.1) is 11.0 Å². The van der Waals surface area contributed by atoms with E-state index in [1.807, 2.05) is 11.3 Å². The van der Waals surface area contributed by atoms with E-state index in [9.17, 15) is 0 Å². The Morgan fingerprint density at radius 2 is 1.10 bits per heavy atom. The van der Waals surface area contributed by atoms with Crippen LogP contribution in [0.3, 0.4) is 0 Å². The highest BCUT2D eigenvalue weighted by Gasteiger charge is 2.49. The summed E-state index contributed by atoms with van der Waals surface area (Å²) in [5.41, 5.74) is 27.5. The first-order valence-electron chi connectivity index (χ1n) is 25.8. The van der Waals surface area contributed by atoms with Crippen LogP contribution in [0.1, 0.15) is 128 Å². The van der Waals surface area contributed by atoms with Gasteiger partial charge in [0, 0.05) is 64.4 Å². The molecule has 70 heavy (non-hydrogen) atoms. The van der Waals surface area contributed by atoms with Crippen molar-refractivity contribution in [2.45, 2.75) is 116 Å². The summed E-state index contributed by atoms with van der Waals surface area (Å²) in [6.45, 7) is 26.6. The molecule has 4 heteroatoms. The summed E-state index contributed by atoms with van der Waals surface area (Å²) in [5, 5.41) is 5.59. The van der Waals surface area contributed by atoms with Gasteiger partial charge in [0.15, 0.2) is 0 Å². The normalized spacial score (nSPS) is 17.9. The molecule has 0 spiro atoms. The lowest BCUT2D eigenvalue weighted by Gasteiger charge is -2.43. The zero-order chi connectivity index (χ0) is 47.9. The van der Waals surface area contributed by atoms with Crippen LogP contribution in [0.25, 0.3) is 81.0 Å². The quantitative estimate of drug-likeness (QED) is 0.149. The Balaban J connectivity index is 1.19. The van der Waals surface area contributed by atoms with E-state index in [0.29, 0.717) is 0 Å². The summed E-state index contributed by atoms with van der Waals surface area (Å²) in [4.78, 5) is 2.79. The first-order valence-corrected chi connectivity index (χ1v) is 26.7. The van der Waals surface area contributed by atoms with E-state index >= 15 is 0 Å². The highest BCUT2D eigenvalue weighted by atomic mass is 32.1. The van der Waals surface area contributed by atoms with Crippen molar-refractivity contribution in [1.82, 2.24) is 4.57 Å². The van der Waals surface area contributed by atoms with Crippen molar-refractivity contribution in [3.8, 4) is 39.1 Å². The molecule has 5 aliphatic rings. The van der Waals surface area contributed by atoms with Crippen LogP contribution in [0.15, 0.2) is 133 Å². The fourth-order valence-electron chi connectivity index (χ4n) is 14.6. The van der Waals surface area contributed by atoms with E-state index in [1.54, 1.807) is 0 Å². The molecule has 0 saturated heterocycles. The second kappa shape index (κ2) is 12.9. The second-order valence-corrected chi connectivity index (χ2v) is 26.2. The number of hydrogen-bond donors (Lipinski definition) is 0. The third-order valence-corrected chi connectivity index (χ3v) is 19.8. The Morgan fingerprint density at radius 3 is 1.76 bits per heavy atom. The number of hydrogen-bond acceptors (Lipinski definition) is 2. The number of aromatic nitrogens is 1. The van der Waals surface area contributed by atoms with E-state index in [2.05, 4.69) is 219 Å². The summed E-state index contributed by atoms with van der Waals surface area (Å²) in [6.07, 6.45) is 2.36. The molecule has 0 N–H and O–H groups in total. The molecule has 15 rings (SSSR count). The van der Waals surface area contributed by atoms with Crippen LogP contribution < -0.4 is 15.7 Å². The first-order chi connectivity index (χ1) is 33.4. The molecule has 0 bridgehead atoms. The van der Waals surface area contributed by atoms with Crippen molar-refractivity contribution in [3.05, 3.63) is 172 Å². The van der Waals surface area contributed by atoms with E-state index in [0.717, 1.165) is 0 Å². The van der Waals surface area contributed by atoms with Gasteiger partial charge in [-0.05, 0) is 155 Å². The third-order valence-electron chi connectivity index (χ3n) is 18.6. The minimum atomic E-state index is -0.162. The average molecular weight is 923 g/mol. The highest BCUT2D eigenvalue weighted by Crippen LogP contribution is 2.59. The maximum atomic E-state index is 2.79. The zero-order valence-corrected chi connectivity index (χ0v) is 43.3. The third kappa shape index (κ3) is 4.97. The number of rotatable bonds is 1. The predicted molar refractivity (Wildman–Crippen MR) is 302 cm³/mol. The van der Waals surface area contributed by atoms with Crippen molar-refractivity contribution in [1.29, 1.82) is 0 Å². The van der Waals surface area contributed by atoms with Crippen molar-refractivity contribution in [3.63, 3.8) is 0 Å². The smallest absolute Gasteiger partial charge is 0.333 e. The van der Waals surface area contributed by atoms with Gasteiger partial charge in [-0.1, -0.05) is 161 Å². The van der Waals surface area contributed by atoms with Crippen LogP contribution in [0.5, 0.6) is 0 Å². The SMILES string of the molecule is CC(C)(C)c1ccc(N2B3c4cc5c(cc4-n4c6cc7c(cc6c6c8sc9ccccc9c8c(c3c64)-c3cc4c(cc32)C(C)(C)c2ccccc2-4)C(C)(C)CCC7(C)C)C(C)(C)c2ccccc2-5)cc1. The zero-order valence-electron chi connectivity index (χ0n) is 42.5. The molecule has 0 saturated carbocycles. The van der Waals surface area contributed by atoms with Crippen LogP contribution >= 0.6 is 11.3 Å². The summed E-state index contributed by atoms with van der Waals surface area (Å²) >= 11 is 2.01. The van der Waals surface area contributed by atoms with Gasteiger partial charge in [0.1, 0.15) is 0 Å². The standard InChI is InChI=1S/C66H59BN2S/c1-62(2,3)36-24-26-37(27-25-36)69-53-33-47-41(38-18-12-15-21-45(38)65(47,8)9)30-43(53)56-57-40-20-14-17-23-55(40)70-61(57)58-44-31-49-50(64(6,7)29-28-63(49,4)5)35-52(44)68-54-34-48-42(32-51(54)67(69)59(56)60(58)68)39-19-13-16-22-46(39)66(48,10)11/h12-27,30-35H,28-29H2,1-11H3. The molecule has 0 unspecified atom stereocenters. The minimum absolute atomic E-state index is 0.0285. The number of anilines is 2.